The van der Waals surface area contributed by atoms with E-state index in [0.29, 0.717) is 5.75 Å². The summed E-state index contributed by atoms with van der Waals surface area (Å²) >= 11 is 0. The number of nitro groups is 1. The molecule has 0 saturated heterocycles. The van der Waals surface area contributed by atoms with Gasteiger partial charge in [0, 0.05) is 24.4 Å². The van der Waals surface area contributed by atoms with Crippen molar-refractivity contribution in [2.45, 2.75) is 46.1 Å². The van der Waals surface area contributed by atoms with Gasteiger partial charge in [0.1, 0.15) is 5.75 Å². The molecule has 0 unspecified atom stereocenters. The van der Waals surface area contributed by atoms with E-state index in [4.69, 9.17) is 4.74 Å². The van der Waals surface area contributed by atoms with E-state index >= 15 is 0 Å². The lowest BCUT2D eigenvalue weighted by Crippen LogP contribution is -2.07. The number of rotatable bonds is 8. The molecule has 1 rings (SSSR count). The van der Waals surface area contributed by atoms with Gasteiger partial charge in [0.2, 0.25) is 0 Å². The van der Waals surface area contributed by atoms with E-state index in [1.54, 1.807) is 12.1 Å². The predicted molar refractivity (Wildman–Crippen MR) is 76.9 cm³/mol. The zero-order valence-electron chi connectivity index (χ0n) is 11.8. The van der Waals surface area contributed by atoms with Gasteiger partial charge in [-0.15, -0.1) is 0 Å². The smallest absolute Gasteiger partial charge is 0.275 e. The molecule has 0 aliphatic rings. The zero-order valence-corrected chi connectivity index (χ0v) is 11.8. The maximum absolute atomic E-state index is 10.9. The van der Waals surface area contributed by atoms with Crippen LogP contribution in [0, 0.1) is 10.1 Å². The maximum Gasteiger partial charge on any atom is 0.275 e. The molecule has 0 radical (unpaired) electrons. The lowest BCUT2D eigenvalue weighted by Gasteiger charge is -2.12. The molecule has 1 N–H and O–H groups in total. The Morgan fingerprint density at radius 1 is 1.32 bits per heavy atom. The Balaban J connectivity index is 2.78. The van der Waals surface area contributed by atoms with Crippen LogP contribution in [0.5, 0.6) is 5.75 Å². The largest absolute Gasteiger partial charge is 0.491 e. The summed E-state index contributed by atoms with van der Waals surface area (Å²) in [6.45, 7) is 6.75. The molecule has 0 aromatic heterocycles. The first-order valence-electron chi connectivity index (χ1n) is 6.73. The van der Waals surface area contributed by atoms with Crippen LogP contribution in [-0.4, -0.2) is 17.6 Å². The van der Waals surface area contributed by atoms with Crippen molar-refractivity contribution in [3.63, 3.8) is 0 Å². The summed E-state index contributed by atoms with van der Waals surface area (Å²) in [6.07, 6.45) is 3.35. The van der Waals surface area contributed by atoms with Crippen molar-refractivity contribution in [3.05, 3.63) is 28.3 Å². The average molecular weight is 266 g/mol. The topological polar surface area (TPSA) is 64.4 Å². The molecule has 0 aliphatic heterocycles. The number of nitrogens with zero attached hydrogens (tertiary/aromatic N) is 1. The van der Waals surface area contributed by atoms with Crippen molar-refractivity contribution in [1.82, 2.24) is 0 Å². The minimum absolute atomic E-state index is 0.00468. The highest BCUT2D eigenvalue weighted by molar-refractivity contribution is 5.56. The number of hydrogen-bond acceptors (Lipinski definition) is 4. The Morgan fingerprint density at radius 3 is 2.63 bits per heavy atom. The van der Waals surface area contributed by atoms with Gasteiger partial charge in [-0.05, 0) is 20.3 Å². The molecule has 0 atom stereocenters. The fourth-order valence-electron chi connectivity index (χ4n) is 1.74. The Bertz CT molecular complexity index is 419. The van der Waals surface area contributed by atoms with E-state index in [9.17, 15) is 10.1 Å². The summed E-state index contributed by atoms with van der Waals surface area (Å²) in [7, 11) is 0. The SMILES string of the molecule is CCCCCNc1cc(OC(C)C)cc([N+](=O)[O-])c1. The second kappa shape index (κ2) is 7.61. The number of unbranched alkanes of at least 4 members (excludes halogenated alkanes) is 2. The third-order valence-corrected chi connectivity index (χ3v) is 2.58. The van der Waals surface area contributed by atoms with Crippen molar-refractivity contribution in [1.29, 1.82) is 0 Å². The van der Waals surface area contributed by atoms with Gasteiger partial charge in [0.05, 0.1) is 17.1 Å². The molecular formula is C14H22N2O3. The molecular weight excluding hydrogens is 244 g/mol. The number of non-ortho nitro benzene ring substituents is 1. The molecule has 106 valence electrons. The highest BCUT2D eigenvalue weighted by Crippen LogP contribution is 2.26. The summed E-state index contributed by atoms with van der Waals surface area (Å²) < 4.78 is 5.53. The van der Waals surface area contributed by atoms with Crippen LogP contribution >= 0.6 is 0 Å². The third kappa shape index (κ3) is 5.59. The van der Waals surface area contributed by atoms with Gasteiger partial charge >= 0.3 is 0 Å². The molecule has 1 aromatic rings. The molecule has 5 nitrogen and oxygen atoms in total. The van der Waals surface area contributed by atoms with Gasteiger partial charge in [-0.3, -0.25) is 10.1 Å². The first-order chi connectivity index (χ1) is 9.02. The zero-order chi connectivity index (χ0) is 14.3. The summed E-state index contributed by atoms with van der Waals surface area (Å²) in [5, 5.41) is 14.1. The number of hydrogen-bond donors (Lipinski definition) is 1. The number of nitro benzene ring substituents is 1. The van der Waals surface area contributed by atoms with Crippen LogP contribution in [0.25, 0.3) is 0 Å². The van der Waals surface area contributed by atoms with Crippen molar-refractivity contribution < 1.29 is 9.66 Å². The van der Waals surface area contributed by atoms with E-state index in [0.717, 1.165) is 31.5 Å². The summed E-state index contributed by atoms with van der Waals surface area (Å²) in [4.78, 5) is 10.5. The van der Waals surface area contributed by atoms with E-state index in [1.165, 1.54) is 6.07 Å². The average Bonchev–Trinajstić information content (AvgIpc) is 2.33. The number of nitrogens with one attached hydrogen (secondary N) is 1. The molecule has 19 heavy (non-hydrogen) atoms. The second-order valence-corrected chi connectivity index (χ2v) is 4.77. The minimum Gasteiger partial charge on any atom is -0.491 e. The number of ether oxygens (including phenoxy) is 1. The molecule has 0 saturated carbocycles. The van der Waals surface area contributed by atoms with Gasteiger partial charge in [0.15, 0.2) is 0 Å². The Kier molecular flexibility index (Phi) is 6.12. The molecule has 0 aliphatic carbocycles. The summed E-state index contributed by atoms with van der Waals surface area (Å²) in [5.41, 5.74) is 0.789. The second-order valence-electron chi connectivity index (χ2n) is 4.77. The van der Waals surface area contributed by atoms with Gasteiger partial charge in [0.25, 0.3) is 5.69 Å². The highest BCUT2D eigenvalue weighted by atomic mass is 16.6. The molecule has 5 heteroatoms. The van der Waals surface area contributed by atoms with Crippen molar-refractivity contribution in [2.24, 2.45) is 0 Å². The third-order valence-electron chi connectivity index (χ3n) is 2.58. The van der Waals surface area contributed by atoms with E-state index in [1.807, 2.05) is 13.8 Å². The van der Waals surface area contributed by atoms with Gasteiger partial charge in [-0.25, -0.2) is 0 Å². The number of anilines is 1. The lowest BCUT2D eigenvalue weighted by molar-refractivity contribution is -0.384. The highest BCUT2D eigenvalue weighted by Gasteiger charge is 2.11. The first kappa shape index (κ1) is 15.3. The Labute approximate surface area is 114 Å². The van der Waals surface area contributed by atoms with Crippen LogP contribution in [0.3, 0.4) is 0 Å². The Hall–Kier alpha value is -1.78. The Morgan fingerprint density at radius 2 is 2.05 bits per heavy atom. The maximum atomic E-state index is 10.9. The first-order valence-corrected chi connectivity index (χ1v) is 6.73. The van der Waals surface area contributed by atoms with Crippen LogP contribution in [0.1, 0.15) is 40.0 Å². The van der Waals surface area contributed by atoms with Crippen molar-refractivity contribution >= 4 is 11.4 Å². The molecule has 1 aromatic carbocycles. The van der Waals surface area contributed by atoms with Crippen LogP contribution in [-0.2, 0) is 0 Å². The quantitative estimate of drug-likeness (QED) is 0.439. The lowest BCUT2D eigenvalue weighted by atomic mass is 10.2. The number of benzene rings is 1. The van der Waals surface area contributed by atoms with Gasteiger partial charge < -0.3 is 10.1 Å². The molecule has 0 heterocycles. The van der Waals surface area contributed by atoms with Crippen molar-refractivity contribution in [3.8, 4) is 5.75 Å². The van der Waals surface area contributed by atoms with E-state index in [-0.39, 0.29) is 11.8 Å². The molecule has 0 bridgehead atoms. The molecule has 0 fully saturated rings. The van der Waals surface area contributed by atoms with Gasteiger partial charge in [-0.1, -0.05) is 19.8 Å². The minimum atomic E-state index is -0.398. The normalized spacial score (nSPS) is 10.5. The monoisotopic (exact) mass is 266 g/mol. The van der Waals surface area contributed by atoms with Crippen LogP contribution in [0.15, 0.2) is 18.2 Å². The summed E-state index contributed by atoms with van der Waals surface area (Å²) in [5.74, 6) is 0.530. The fourth-order valence-corrected chi connectivity index (χ4v) is 1.74. The van der Waals surface area contributed by atoms with E-state index in [2.05, 4.69) is 12.2 Å². The van der Waals surface area contributed by atoms with Crippen LogP contribution < -0.4 is 10.1 Å². The molecule has 0 spiro atoms. The van der Waals surface area contributed by atoms with Crippen molar-refractivity contribution in [2.75, 3.05) is 11.9 Å². The van der Waals surface area contributed by atoms with Crippen LogP contribution in [0.4, 0.5) is 11.4 Å². The summed E-state index contributed by atoms with van der Waals surface area (Å²) in [6, 6.07) is 4.80. The molecule has 0 amide bonds. The predicted octanol–water partition coefficient (Wildman–Crippen LogP) is 3.98. The standard InChI is InChI=1S/C14H22N2O3/c1-4-5-6-7-15-12-8-13(16(17)18)10-14(9-12)19-11(2)3/h8-11,15H,4-7H2,1-3H3. The van der Waals surface area contributed by atoms with Gasteiger partial charge in [-0.2, -0.15) is 0 Å². The van der Waals surface area contributed by atoms with E-state index < -0.39 is 4.92 Å². The fraction of sp³-hybridized carbons (Fsp3) is 0.571. The van der Waals surface area contributed by atoms with Crippen LogP contribution in [0.2, 0.25) is 0 Å².